The Morgan fingerprint density at radius 1 is 1.30 bits per heavy atom. The van der Waals surface area contributed by atoms with E-state index in [-0.39, 0.29) is 0 Å². The summed E-state index contributed by atoms with van der Waals surface area (Å²) < 4.78 is 26.0. The Balaban J connectivity index is 2.85. The molecule has 0 fully saturated rings. The van der Waals surface area contributed by atoms with Gasteiger partial charge in [0.2, 0.25) is 0 Å². The largest absolute Gasteiger partial charge is 0.277 e. The Hall–Kier alpha value is -0.610. The smallest absolute Gasteiger partial charge is 0.273 e. The molecule has 0 aromatic rings. The molecule has 0 bridgehead atoms. The monoisotopic (exact) mass is 160 g/mol. The van der Waals surface area contributed by atoms with E-state index in [1.165, 1.54) is 0 Å². The normalized spacial score (nSPS) is 18.5. The van der Waals surface area contributed by atoms with Crippen molar-refractivity contribution in [2.45, 2.75) is 5.25 Å². The summed E-state index contributed by atoms with van der Waals surface area (Å²) in [5, 5.41) is -0.586. The summed E-state index contributed by atoms with van der Waals surface area (Å²) in [4.78, 5) is 0. The van der Waals surface area contributed by atoms with Crippen LogP contribution in [0.1, 0.15) is 0 Å². The Morgan fingerprint density at radius 2 is 1.80 bits per heavy atom. The second-order valence-electron chi connectivity index (χ2n) is 1.89. The molecule has 0 aromatic carbocycles. The van der Waals surface area contributed by atoms with Crippen LogP contribution in [0, 0.1) is 0 Å². The van der Waals surface area contributed by atoms with Gasteiger partial charge in [-0.15, -0.1) is 0 Å². The van der Waals surface area contributed by atoms with Gasteiger partial charge in [-0.2, -0.15) is 8.42 Å². The topological polar surface area (TPSA) is 43.4 Å². The van der Waals surface area contributed by atoms with Crippen LogP contribution in [0.2, 0.25) is 0 Å². The molecule has 0 spiro atoms. The van der Waals surface area contributed by atoms with Gasteiger partial charge in [-0.1, -0.05) is 24.3 Å². The molecule has 0 heterocycles. The van der Waals surface area contributed by atoms with Crippen molar-refractivity contribution in [3.05, 3.63) is 24.3 Å². The van der Waals surface area contributed by atoms with E-state index in [0.29, 0.717) is 0 Å². The lowest BCUT2D eigenvalue weighted by atomic mass is 10.5. The van der Waals surface area contributed by atoms with Crippen LogP contribution in [0.3, 0.4) is 0 Å². The van der Waals surface area contributed by atoms with Gasteiger partial charge >= 0.3 is 0 Å². The molecular weight excluding hydrogens is 152 g/mol. The standard InChI is InChI=1S/C6H8O3S/c1-9-10(7,8)6-4-2-3-5-6/h2-6H,1H3. The van der Waals surface area contributed by atoms with Gasteiger partial charge in [-0.3, -0.25) is 4.18 Å². The highest BCUT2D eigenvalue weighted by Crippen LogP contribution is 2.11. The summed E-state index contributed by atoms with van der Waals surface area (Å²) in [6, 6.07) is 0. The highest BCUT2D eigenvalue weighted by Gasteiger charge is 2.20. The average Bonchev–Trinajstić information content (AvgIpc) is 2.38. The Bertz CT molecular complexity index is 249. The quantitative estimate of drug-likeness (QED) is 0.551. The zero-order valence-electron chi connectivity index (χ0n) is 5.52. The number of hydrogen-bond acceptors (Lipinski definition) is 3. The van der Waals surface area contributed by atoms with E-state index in [2.05, 4.69) is 4.18 Å². The van der Waals surface area contributed by atoms with E-state index in [0.717, 1.165) is 7.11 Å². The van der Waals surface area contributed by atoms with Crippen molar-refractivity contribution in [2.75, 3.05) is 7.11 Å². The molecule has 3 nitrogen and oxygen atoms in total. The van der Waals surface area contributed by atoms with Gasteiger partial charge in [0.1, 0.15) is 5.25 Å². The minimum Gasteiger partial charge on any atom is -0.273 e. The van der Waals surface area contributed by atoms with Crippen LogP contribution >= 0.6 is 0 Å². The zero-order valence-corrected chi connectivity index (χ0v) is 6.34. The average molecular weight is 160 g/mol. The minimum absolute atomic E-state index is 0.586. The molecule has 56 valence electrons. The number of allylic oxidation sites excluding steroid dienone is 2. The lowest BCUT2D eigenvalue weighted by molar-refractivity contribution is 0.396. The predicted molar refractivity (Wildman–Crippen MR) is 38.0 cm³/mol. The summed E-state index contributed by atoms with van der Waals surface area (Å²) in [7, 11) is -2.21. The molecule has 0 N–H and O–H groups in total. The van der Waals surface area contributed by atoms with Gasteiger partial charge in [0.05, 0.1) is 7.11 Å². The third-order valence-corrected chi connectivity index (χ3v) is 2.72. The summed E-state index contributed by atoms with van der Waals surface area (Å²) in [6.07, 6.45) is 6.50. The van der Waals surface area contributed by atoms with Crippen molar-refractivity contribution >= 4 is 10.1 Å². The molecule has 0 atom stereocenters. The highest BCUT2D eigenvalue weighted by atomic mass is 32.2. The van der Waals surface area contributed by atoms with Crippen LogP contribution in [0.5, 0.6) is 0 Å². The summed E-state index contributed by atoms with van der Waals surface area (Å²) in [5.74, 6) is 0. The third kappa shape index (κ3) is 1.27. The first-order chi connectivity index (χ1) is 4.67. The Kier molecular flexibility index (Phi) is 1.92. The molecular formula is C6H8O3S. The molecule has 0 saturated heterocycles. The van der Waals surface area contributed by atoms with Crippen molar-refractivity contribution in [1.82, 2.24) is 0 Å². The van der Waals surface area contributed by atoms with Crippen molar-refractivity contribution in [3.63, 3.8) is 0 Å². The maximum atomic E-state index is 10.9. The minimum atomic E-state index is -3.37. The van der Waals surface area contributed by atoms with Crippen molar-refractivity contribution in [2.24, 2.45) is 0 Å². The van der Waals surface area contributed by atoms with Gasteiger partial charge < -0.3 is 0 Å². The number of hydrogen-bond donors (Lipinski definition) is 0. The van der Waals surface area contributed by atoms with Crippen LogP contribution < -0.4 is 0 Å². The molecule has 0 aliphatic heterocycles. The van der Waals surface area contributed by atoms with Crippen LogP contribution in [-0.2, 0) is 14.3 Å². The van der Waals surface area contributed by atoms with E-state index in [1.807, 2.05) is 0 Å². The van der Waals surface area contributed by atoms with Gasteiger partial charge in [0.15, 0.2) is 0 Å². The van der Waals surface area contributed by atoms with Crippen LogP contribution in [0.25, 0.3) is 0 Å². The third-order valence-electron chi connectivity index (χ3n) is 1.28. The first-order valence-corrected chi connectivity index (χ1v) is 4.28. The van der Waals surface area contributed by atoms with Crippen LogP contribution in [0.4, 0.5) is 0 Å². The predicted octanol–water partition coefficient (Wildman–Crippen LogP) is 0.457. The summed E-state index contributed by atoms with van der Waals surface area (Å²) >= 11 is 0. The maximum Gasteiger partial charge on any atom is 0.277 e. The van der Waals surface area contributed by atoms with Gasteiger partial charge in [0.25, 0.3) is 10.1 Å². The van der Waals surface area contributed by atoms with E-state index in [9.17, 15) is 8.42 Å². The van der Waals surface area contributed by atoms with Crippen LogP contribution in [-0.4, -0.2) is 20.8 Å². The number of rotatable bonds is 2. The summed E-state index contributed by atoms with van der Waals surface area (Å²) in [6.45, 7) is 0. The van der Waals surface area contributed by atoms with E-state index < -0.39 is 15.4 Å². The van der Waals surface area contributed by atoms with Gasteiger partial charge in [0, 0.05) is 0 Å². The molecule has 1 aliphatic carbocycles. The first kappa shape index (κ1) is 7.50. The molecule has 0 saturated carbocycles. The van der Waals surface area contributed by atoms with Gasteiger partial charge in [-0.05, 0) is 0 Å². The molecule has 1 aliphatic rings. The molecule has 1 rings (SSSR count). The second-order valence-corrected chi connectivity index (χ2v) is 3.76. The molecule has 10 heavy (non-hydrogen) atoms. The lowest BCUT2D eigenvalue weighted by Gasteiger charge is -2.02. The maximum absolute atomic E-state index is 10.9. The van der Waals surface area contributed by atoms with Crippen molar-refractivity contribution < 1.29 is 12.6 Å². The molecule has 0 radical (unpaired) electrons. The fourth-order valence-electron chi connectivity index (χ4n) is 0.715. The van der Waals surface area contributed by atoms with Crippen molar-refractivity contribution in [3.8, 4) is 0 Å². The fourth-order valence-corrected chi connectivity index (χ4v) is 1.50. The van der Waals surface area contributed by atoms with Crippen LogP contribution in [0.15, 0.2) is 24.3 Å². The zero-order chi connectivity index (χ0) is 7.61. The second kappa shape index (κ2) is 2.56. The fraction of sp³-hybridized carbons (Fsp3) is 0.333. The van der Waals surface area contributed by atoms with E-state index in [4.69, 9.17) is 0 Å². The van der Waals surface area contributed by atoms with E-state index in [1.54, 1.807) is 24.3 Å². The molecule has 0 amide bonds. The van der Waals surface area contributed by atoms with E-state index >= 15 is 0 Å². The molecule has 4 heteroatoms. The SMILES string of the molecule is COS(=O)(=O)C1C=CC=C1. The highest BCUT2D eigenvalue weighted by molar-refractivity contribution is 7.87. The van der Waals surface area contributed by atoms with Crippen molar-refractivity contribution in [1.29, 1.82) is 0 Å². The first-order valence-electron chi connectivity index (χ1n) is 2.81. The Morgan fingerprint density at radius 3 is 2.20 bits per heavy atom. The molecule has 0 aromatic heterocycles. The Labute approximate surface area is 60.1 Å². The lowest BCUT2D eigenvalue weighted by Crippen LogP contribution is -2.16. The van der Waals surface area contributed by atoms with Gasteiger partial charge in [-0.25, -0.2) is 0 Å². The summed E-state index contributed by atoms with van der Waals surface area (Å²) in [5.41, 5.74) is 0. The molecule has 0 unspecified atom stereocenters.